The number of benzene rings is 1. The number of halogens is 1. The lowest BCUT2D eigenvalue weighted by atomic mass is 10.0. The largest absolute Gasteiger partial charge is 0.492 e. The van der Waals surface area contributed by atoms with E-state index in [1.165, 1.54) is 5.56 Å². The summed E-state index contributed by atoms with van der Waals surface area (Å²) in [5.74, 6) is 1.34. The lowest BCUT2D eigenvalue weighted by Crippen LogP contribution is -2.28. The summed E-state index contributed by atoms with van der Waals surface area (Å²) in [6.07, 6.45) is 0. The number of rotatable bonds is 6. The molecule has 0 aliphatic carbocycles. The van der Waals surface area contributed by atoms with Gasteiger partial charge in [-0.25, -0.2) is 0 Å². The van der Waals surface area contributed by atoms with Crippen LogP contribution in [0.5, 0.6) is 5.75 Å². The van der Waals surface area contributed by atoms with Gasteiger partial charge >= 0.3 is 0 Å². The van der Waals surface area contributed by atoms with Gasteiger partial charge in [-0.15, -0.1) is 0 Å². The molecule has 1 aromatic carbocycles. The van der Waals surface area contributed by atoms with Crippen LogP contribution in [0.3, 0.4) is 0 Å². The summed E-state index contributed by atoms with van der Waals surface area (Å²) in [7, 11) is 0. The first-order valence-corrected chi connectivity index (χ1v) is 6.81. The number of alkyl halides is 1. The number of amides is 1. The van der Waals surface area contributed by atoms with E-state index in [4.69, 9.17) is 4.74 Å². The van der Waals surface area contributed by atoms with Crippen LogP contribution < -0.4 is 10.1 Å². The number of nitrogens with one attached hydrogen (secondary N) is 1. The zero-order valence-corrected chi connectivity index (χ0v) is 11.8. The lowest BCUT2D eigenvalue weighted by Gasteiger charge is -2.09. The van der Waals surface area contributed by atoms with Crippen molar-refractivity contribution in [2.45, 2.75) is 19.8 Å². The van der Waals surface area contributed by atoms with Crippen LogP contribution in [0.4, 0.5) is 0 Å². The van der Waals surface area contributed by atoms with E-state index < -0.39 is 0 Å². The topological polar surface area (TPSA) is 38.3 Å². The summed E-state index contributed by atoms with van der Waals surface area (Å²) in [6.45, 7) is 5.33. The van der Waals surface area contributed by atoms with Crippen molar-refractivity contribution in [1.29, 1.82) is 0 Å². The monoisotopic (exact) mass is 299 g/mol. The summed E-state index contributed by atoms with van der Waals surface area (Å²) in [5.41, 5.74) is 1.30. The Morgan fingerprint density at radius 1 is 1.35 bits per heavy atom. The highest BCUT2D eigenvalue weighted by molar-refractivity contribution is 9.09. The molecule has 0 aromatic heterocycles. The van der Waals surface area contributed by atoms with Crippen LogP contribution in [0.2, 0.25) is 0 Å². The predicted octanol–water partition coefficient (Wildman–Crippen LogP) is 2.70. The molecule has 94 valence electrons. The van der Waals surface area contributed by atoms with Gasteiger partial charge < -0.3 is 10.1 Å². The minimum Gasteiger partial charge on any atom is -0.492 e. The molecule has 0 aliphatic heterocycles. The van der Waals surface area contributed by atoms with Gasteiger partial charge in [0.15, 0.2) is 0 Å². The zero-order chi connectivity index (χ0) is 12.7. The van der Waals surface area contributed by atoms with Gasteiger partial charge in [0.1, 0.15) is 12.4 Å². The molecule has 1 rings (SSSR count). The molecule has 0 saturated carbocycles. The molecule has 0 aliphatic rings. The van der Waals surface area contributed by atoms with Crippen molar-refractivity contribution in [1.82, 2.24) is 5.32 Å². The van der Waals surface area contributed by atoms with Crippen LogP contribution >= 0.6 is 15.9 Å². The van der Waals surface area contributed by atoms with Crippen molar-refractivity contribution in [3.05, 3.63) is 29.8 Å². The second kappa shape index (κ2) is 7.33. The molecule has 0 spiro atoms. The zero-order valence-electron chi connectivity index (χ0n) is 10.2. The normalized spacial score (nSPS) is 10.4. The van der Waals surface area contributed by atoms with Crippen LogP contribution in [-0.4, -0.2) is 24.4 Å². The van der Waals surface area contributed by atoms with Crippen LogP contribution in [0.15, 0.2) is 24.3 Å². The number of carbonyl (C=O) groups is 1. The van der Waals surface area contributed by atoms with E-state index in [9.17, 15) is 4.79 Å². The highest BCUT2D eigenvalue weighted by Crippen LogP contribution is 2.18. The summed E-state index contributed by atoms with van der Waals surface area (Å²) in [5, 5.41) is 3.05. The molecule has 4 heteroatoms. The molecule has 1 N–H and O–H groups in total. The van der Waals surface area contributed by atoms with E-state index >= 15 is 0 Å². The first-order valence-electron chi connectivity index (χ1n) is 5.69. The Morgan fingerprint density at radius 3 is 2.53 bits per heavy atom. The molecule has 0 fully saturated rings. The second-order valence-electron chi connectivity index (χ2n) is 4.06. The van der Waals surface area contributed by atoms with Crippen molar-refractivity contribution in [2.24, 2.45) is 0 Å². The molecule has 0 bridgehead atoms. The molecule has 1 amide bonds. The Labute approximate surface area is 111 Å². The fourth-order valence-electron chi connectivity index (χ4n) is 1.36. The van der Waals surface area contributed by atoms with Crippen LogP contribution in [0.1, 0.15) is 25.3 Å². The third-order valence-corrected chi connectivity index (χ3v) is 2.87. The van der Waals surface area contributed by atoms with Gasteiger partial charge in [0.05, 0.1) is 11.9 Å². The molecule has 0 heterocycles. The van der Waals surface area contributed by atoms with Gasteiger partial charge in [0, 0.05) is 0 Å². The molecule has 3 nitrogen and oxygen atoms in total. The summed E-state index contributed by atoms with van der Waals surface area (Å²) in [6, 6.07) is 8.05. The van der Waals surface area contributed by atoms with Crippen LogP contribution in [0, 0.1) is 0 Å². The smallest absolute Gasteiger partial charge is 0.230 e. The summed E-state index contributed by atoms with van der Waals surface area (Å²) >= 11 is 3.08. The molecule has 0 saturated heterocycles. The van der Waals surface area contributed by atoms with Crippen LogP contribution in [0.25, 0.3) is 0 Å². The molecular formula is C13H18BrNO2. The Kier molecular flexibility index (Phi) is 6.05. The number of carbonyl (C=O) groups excluding carboxylic acids is 1. The second-order valence-corrected chi connectivity index (χ2v) is 4.62. The Balaban J connectivity index is 2.30. The van der Waals surface area contributed by atoms with Gasteiger partial charge in [-0.1, -0.05) is 41.9 Å². The maximum Gasteiger partial charge on any atom is 0.230 e. The van der Waals surface area contributed by atoms with Gasteiger partial charge in [-0.2, -0.15) is 0 Å². The van der Waals surface area contributed by atoms with Gasteiger partial charge in [0.25, 0.3) is 0 Å². The summed E-state index contributed by atoms with van der Waals surface area (Å²) in [4.78, 5) is 10.9. The molecule has 0 unspecified atom stereocenters. The average Bonchev–Trinajstić information content (AvgIpc) is 2.34. The van der Waals surface area contributed by atoms with Crippen LogP contribution in [-0.2, 0) is 4.79 Å². The maximum absolute atomic E-state index is 10.9. The van der Waals surface area contributed by atoms with E-state index in [2.05, 4.69) is 47.2 Å². The van der Waals surface area contributed by atoms with E-state index in [1.54, 1.807) is 0 Å². The highest BCUT2D eigenvalue weighted by Gasteiger charge is 2.00. The average molecular weight is 300 g/mol. The van der Waals surface area contributed by atoms with Crippen molar-refractivity contribution in [3.8, 4) is 5.75 Å². The van der Waals surface area contributed by atoms with Crippen molar-refractivity contribution < 1.29 is 9.53 Å². The third-order valence-electron chi connectivity index (χ3n) is 2.36. The van der Waals surface area contributed by atoms with Crippen molar-refractivity contribution >= 4 is 21.8 Å². The van der Waals surface area contributed by atoms with Crippen molar-refractivity contribution in [2.75, 3.05) is 18.5 Å². The Hall–Kier alpha value is -1.03. The summed E-state index contributed by atoms with van der Waals surface area (Å²) < 4.78 is 5.51. The predicted molar refractivity (Wildman–Crippen MR) is 72.8 cm³/mol. The highest BCUT2D eigenvalue weighted by atomic mass is 79.9. The Morgan fingerprint density at radius 2 is 2.00 bits per heavy atom. The van der Waals surface area contributed by atoms with Gasteiger partial charge in [-0.3, -0.25) is 4.79 Å². The molecule has 0 radical (unpaired) electrons. The van der Waals surface area contributed by atoms with E-state index in [0.717, 1.165) is 5.75 Å². The lowest BCUT2D eigenvalue weighted by molar-refractivity contribution is -0.118. The first-order chi connectivity index (χ1) is 8.13. The molecule has 0 atom stereocenters. The fourth-order valence-corrected chi connectivity index (χ4v) is 1.55. The molecule has 17 heavy (non-hydrogen) atoms. The van der Waals surface area contributed by atoms with E-state index in [0.29, 0.717) is 24.4 Å². The quantitative estimate of drug-likeness (QED) is 0.648. The minimum absolute atomic E-state index is 0.0243. The third kappa shape index (κ3) is 5.22. The fraction of sp³-hybridized carbons (Fsp3) is 0.462. The number of hydrogen-bond acceptors (Lipinski definition) is 2. The van der Waals surface area contributed by atoms with Gasteiger partial charge in [0.2, 0.25) is 5.91 Å². The Bertz CT molecular complexity index is 349. The van der Waals surface area contributed by atoms with E-state index in [1.807, 2.05) is 12.1 Å². The minimum atomic E-state index is -0.0243. The first kappa shape index (κ1) is 14.0. The molecule has 1 aromatic rings. The standard InChI is InChI=1S/C13H18BrNO2/c1-10(2)11-3-5-12(6-4-11)17-8-7-15-13(16)9-14/h3-6,10H,7-9H2,1-2H3,(H,15,16). The van der Waals surface area contributed by atoms with E-state index in [-0.39, 0.29) is 5.91 Å². The van der Waals surface area contributed by atoms with Crippen molar-refractivity contribution in [3.63, 3.8) is 0 Å². The number of hydrogen-bond donors (Lipinski definition) is 1. The molecular weight excluding hydrogens is 282 g/mol. The number of ether oxygens (including phenoxy) is 1. The van der Waals surface area contributed by atoms with Gasteiger partial charge in [-0.05, 0) is 23.6 Å². The SMILES string of the molecule is CC(C)c1ccc(OCCNC(=O)CBr)cc1. The maximum atomic E-state index is 10.9.